The van der Waals surface area contributed by atoms with E-state index in [-0.39, 0.29) is 0 Å². The lowest BCUT2D eigenvalue weighted by atomic mass is 9.74. The van der Waals surface area contributed by atoms with E-state index in [4.69, 9.17) is 0 Å². The summed E-state index contributed by atoms with van der Waals surface area (Å²) in [6, 6.07) is 6.80. The summed E-state index contributed by atoms with van der Waals surface area (Å²) < 4.78 is 0. The molecule has 1 aromatic heterocycles. The van der Waals surface area contributed by atoms with Crippen LogP contribution in [0.3, 0.4) is 0 Å². The topological polar surface area (TPSA) is 24.9 Å². The third kappa shape index (κ3) is 3.55. The molecule has 1 heterocycles. The Morgan fingerprint density at radius 3 is 2.83 bits per heavy atom. The molecule has 0 amide bonds. The van der Waals surface area contributed by atoms with Crippen LogP contribution in [0.25, 0.3) is 0 Å². The molecule has 0 aliphatic heterocycles. The highest BCUT2D eigenvalue weighted by Crippen LogP contribution is 2.33. The third-order valence-corrected chi connectivity index (χ3v) is 4.29. The van der Waals surface area contributed by atoms with Crippen LogP contribution in [0.1, 0.15) is 45.7 Å². The van der Waals surface area contributed by atoms with Gasteiger partial charge in [-0.15, -0.1) is 0 Å². The van der Waals surface area contributed by atoms with Crippen molar-refractivity contribution in [2.75, 3.05) is 0 Å². The molecule has 1 aromatic rings. The molecular weight excluding hydrogens is 220 g/mol. The second kappa shape index (κ2) is 6.33. The van der Waals surface area contributed by atoms with Gasteiger partial charge in [-0.1, -0.05) is 33.3 Å². The number of hydrogen-bond acceptors (Lipinski definition) is 2. The highest BCUT2D eigenvalue weighted by atomic mass is 14.9. The quantitative estimate of drug-likeness (QED) is 0.877. The maximum absolute atomic E-state index is 4.39. The molecule has 3 unspecified atom stereocenters. The molecule has 0 saturated heterocycles. The van der Waals surface area contributed by atoms with E-state index < -0.39 is 0 Å². The van der Waals surface area contributed by atoms with Crippen LogP contribution in [0, 0.1) is 17.8 Å². The van der Waals surface area contributed by atoms with Gasteiger partial charge in [-0.05, 0) is 42.7 Å². The van der Waals surface area contributed by atoms with Crippen LogP contribution in [0.2, 0.25) is 0 Å². The molecule has 0 aromatic carbocycles. The molecule has 0 spiro atoms. The molecule has 1 aliphatic carbocycles. The summed E-state index contributed by atoms with van der Waals surface area (Å²) in [4.78, 5) is 4.39. The van der Waals surface area contributed by atoms with Crippen LogP contribution in [0.5, 0.6) is 0 Å². The Bertz CT molecular complexity index is 347. The minimum absolute atomic E-state index is 0.663. The molecule has 18 heavy (non-hydrogen) atoms. The Morgan fingerprint density at radius 1 is 1.33 bits per heavy atom. The average molecular weight is 246 g/mol. The number of nitrogens with one attached hydrogen (secondary N) is 1. The number of hydrogen-bond donors (Lipinski definition) is 1. The summed E-state index contributed by atoms with van der Waals surface area (Å²) in [5, 5.41) is 3.74. The summed E-state index contributed by atoms with van der Waals surface area (Å²) >= 11 is 0. The van der Waals surface area contributed by atoms with E-state index in [2.05, 4.69) is 43.2 Å². The van der Waals surface area contributed by atoms with E-state index in [0.29, 0.717) is 6.04 Å². The molecule has 1 fully saturated rings. The average Bonchev–Trinajstić information content (AvgIpc) is 2.37. The highest BCUT2D eigenvalue weighted by molar-refractivity contribution is 5.03. The molecule has 1 N–H and O–H groups in total. The van der Waals surface area contributed by atoms with Crippen LogP contribution < -0.4 is 5.32 Å². The fraction of sp³-hybridized carbons (Fsp3) is 0.688. The van der Waals surface area contributed by atoms with Crippen LogP contribution in [-0.4, -0.2) is 11.0 Å². The molecule has 2 rings (SSSR count). The SMILES string of the molecule is CC1CCC(C(C)C)C(NCc2ccccn2)C1. The summed E-state index contributed by atoms with van der Waals surface area (Å²) in [7, 11) is 0. The first-order chi connectivity index (χ1) is 8.66. The number of rotatable bonds is 4. The van der Waals surface area contributed by atoms with E-state index in [0.717, 1.165) is 30.0 Å². The first kappa shape index (κ1) is 13.5. The van der Waals surface area contributed by atoms with Gasteiger partial charge in [0.15, 0.2) is 0 Å². The Morgan fingerprint density at radius 2 is 2.17 bits per heavy atom. The maximum atomic E-state index is 4.39. The van der Waals surface area contributed by atoms with Crippen molar-refractivity contribution in [1.82, 2.24) is 10.3 Å². The minimum Gasteiger partial charge on any atom is -0.308 e. The third-order valence-electron chi connectivity index (χ3n) is 4.29. The van der Waals surface area contributed by atoms with Crippen molar-refractivity contribution in [3.05, 3.63) is 30.1 Å². The first-order valence-electron chi connectivity index (χ1n) is 7.30. The first-order valence-corrected chi connectivity index (χ1v) is 7.30. The van der Waals surface area contributed by atoms with E-state index in [1.54, 1.807) is 0 Å². The Hall–Kier alpha value is -0.890. The van der Waals surface area contributed by atoms with Gasteiger partial charge >= 0.3 is 0 Å². The molecule has 1 aliphatic rings. The number of pyridine rings is 1. The van der Waals surface area contributed by atoms with E-state index >= 15 is 0 Å². The molecule has 100 valence electrons. The van der Waals surface area contributed by atoms with Crippen molar-refractivity contribution in [3.63, 3.8) is 0 Å². The molecule has 3 atom stereocenters. The molecule has 0 radical (unpaired) electrons. The van der Waals surface area contributed by atoms with Crippen molar-refractivity contribution in [2.45, 2.75) is 52.6 Å². The van der Waals surface area contributed by atoms with Gasteiger partial charge in [0, 0.05) is 18.8 Å². The van der Waals surface area contributed by atoms with E-state index in [1.165, 1.54) is 19.3 Å². The lowest BCUT2D eigenvalue weighted by Crippen LogP contribution is -2.42. The Labute approximate surface area is 111 Å². The van der Waals surface area contributed by atoms with Gasteiger partial charge in [-0.25, -0.2) is 0 Å². The monoisotopic (exact) mass is 246 g/mol. The predicted octanol–water partition coefficient (Wildman–Crippen LogP) is 3.63. The molecular formula is C16H26N2. The second-order valence-electron chi connectivity index (χ2n) is 6.13. The van der Waals surface area contributed by atoms with E-state index in [1.807, 2.05) is 12.3 Å². The standard InChI is InChI=1S/C16H26N2/c1-12(2)15-8-7-13(3)10-16(15)18-11-14-6-4-5-9-17-14/h4-6,9,12-13,15-16,18H,7-8,10-11H2,1-3H3. The number of aromatic nitrogens is 1. The smallest absolute Gasteiger partial charge is 0.0541 e. The van der Waals surface area contributed by atoms with Crippen molar-refractivity contribution >= 4 is 0 Å². The zero-order valence-electron chi connectivity index (χ0n) is 11.9. The van der Waals surface area contributed by atoms with Gasteiger partial charge in [-0.2, -0.15) is 0 Å². The fourth-order valence-electron chi connectivity index (χ4n) is 3.18. The minimum atomic E-state index is 0.663. The Kier molecular flexibility index (Phi) is 4.76. The summed E-state index contributed by atoms with van der Waals surface area (Å²) in [6.07, 6.45) is 5.96. The van der Waals surface area contributed by atoms with Crippen molar-refractivity contribution in [2.24, 2.45) is 17.8 Å². The fourth-order valence-corrected chi connectivity index (χ4v) is 3.18. The lowest BCUT2D eigenvalue weighted by molar-refractivity contribution is 0.169. The maximum Gasteiger partial charge on any atom is 0.0541 e. The molecule has 0 bridgehead atoms. The zero-order chi connectivity index (χ0) is 13.0. The summed E-state index contributed by atoms with van der Waals surface area (Å²) in [5.74, 6) is 2.46. The highest BCUT2D eigenvalue weighted by Gasteiger charge is 2.30. The van der Waals surface area contributed by atoms with Crippen LogP contribution in [-0.2, 0) is 6.54 Å². The van der Waals surface area contributed by atoms with Crippen molar-refractivity contribution < 1.29 is 0 Å². The van der Waals surface area contributed by atoms with Gasteiger partial charge < -0.3 is 5.32 Å². The van der Waals surface area contributed by atoms with Gasteiger partial charge in [0.25, 0.3) is 0 Å². The van der Waals surface area contributed by atoms with Crippen molar-refractivity contribution in [1.29, 1.82) is 0 Å². The zero-order valence-corrected chi connectivity index (χ0v) is 11.9. The van der Waals surface area contributed by atoms with E-state index in [9.17, 15) is 0 Å². The summed E-state index contributed by atoms with van der Waals surface area (Å²) in [5.41, 5.74) is 1.15. The summed E-state index contributed by atoms with van der Waals surface area (Å²) in [6.45, 7) is 8.00. The van der Waals surface area contributed by atoms with Crippen LogP contribution >= 0.6 is 0 Å². The van der Waals surface area contributed by atoms with Crippen LogP contribution in [0.4, 0.5) is 0 Å². The predicted molar refractivity (Wildman–Crippen MR) is 76.2 cm³/mol. The molecule has 2 nitrogen and oxygen atoms in total. The van der Waals surface area contributed by atoms with Crippen LogP contribution in [0.15, 0.2) is 24.4 Å². The number of nitrogens with zero attached hydrogens (tertiary/aromatic N) is 1. The normalized spacial score (nSPS) is 28.6. The van der Waals surface area contributed by atoms with Gasteiger partial charge in [0.2, 0.25) is 0 Å². The largest absolute Gasteiger partial charge is 0.308 e. The van der Waals surface area contributed by atoms with Gasteiger partial charge in [0.1, 0.15) is 0 Å². The van der Waals surface area contributed by atoms with Crippen molar-refractivity contribution in [3.8, 4) is 0 Å². The van der Waals surface area contributed by atoms with Gasteiger partial charge in [0.05, 0.1) is 5.69 Å². The van der Waals surface area contributed by atoms with Gasteiger partial charge in [-0.3, -0.25) is 4.98 Å². The lowest BCUT2D eigenvalue weighted by Gasteiger charge is -2.38. The Balaban J connectivity index is 1.92. The second-order valence-corrected chi connectivity index (χ2v) is 6.13. The molecule has 2 heteroatoms. The molecule has 1 saturated carbocycles.